The Morgan fingerprint density at radius 2 is 1.91 bits per heavy atom. The Labute approximate surface area is 134 Å². The number of benzene rings is 1. The van der Waals surface area contributed by atoms with E-state index in [4.69, 9.17) is 0 Å². The summed E-state index contributed by atoms with van der Waals surface area (Å²) >= 11 is 0. The molecule has 0 radical (unpaired) electrons. The van der Waals surface area contributed by atoms with Gasteiger partial charge in [0.15, 0.2) is 0 Å². The fourth-order valence-corrected chi connectivity index (χ4v) is 2.99. The van der Waals surface area contributed by atoms with Gasteiger partial charge in [-0.1, -0.05) is 18.9 Å². The zero-order chi connectivity index (χ0) is 17.3. The second kappa shape index (κ2) is 6.51. The molecule has 1 saturated carbocycles. The van der Waals surface area contributed by atoms with Gasteiger partial charge in [-0.2, -0.15) is 13.2 Å². The lowest BCUT2D eigenvalue weighted by molar-refractivity contribution is -0.137. The predicted molar refractivity (Wildman–Crippen MR) is 81.2 cm³/mol. The lowest BCUT2D eigenvalue weighted by Crippen LogP contribution is -2.34. The van der Waals surface area contributed by atoms with E-state index >= 15 is 0 Å². The predicted octanol–water partition coefficient (Wildman–Crippen LogP) is 3.78. The highest BCUT2D eigenvalue weighted by Crippen LogP contribution is 2.33. The SMILES string of the molecule is Cc1ccc(C(F)(F)F)cc1C(=O)N(C)CCC1(O)CCCC1. The van der Waals surface area contributed by atoms with Crippen LogP contribution in [0.1, 0.15) is 53.6 Å². The molecule has 0 saturated heterocycles. The van der Waals surface area contributed by atoms with E-state index in [1.54, 1.807) is 14.0 Å². The van der Waals surface area contributed by atoms with Crippen LogP contribution in [-0.2, 0) is 6.18 Å². The summed E-state index contributed by atoms with van der Waals surface area (Å²) in [6, 6.07) is 3.19. The van der Waals surface area contributed by atoms with Gasteiger partial charge >= 0.3 is 6.18 Å². The Morgan fingerprint density at radius 3 is 2.48 bits per heavy atom. The summed E-state index contributed by atoms with van der Waals surface area (Å²) in [4.78, 5) is 13.8. The number of carbonyl (C=O) groups is 1. The first-order valence-corrected chi connectivity index (χ1v) is 7.78. The molecule has 1 fully saturated rings. The Bertz CT molecular complexity index is 578. The first kappa shape index (κ1) is 17.8. The molecule has 1 aromatic rings. The number of amides is 1. The highest BCUT2D eigenvalue weighted by atomic mass is 19.4. The molecule has 23 heavy (non-hydrogen) atoms. The molecular formula is C17H22F3NO2. The Kier molecular flexibility index (Phi) is 5.04. The van der Waals surface area contributed by atoms with Crippen LogP contribution >= 0.6 is 0 Å². The van der Waals surface area contributed by atoms with Crippen molar-refractivity contribution in [2.75, 3.05) is 13.6 Å². The molecule has 2 rings (SSSR count). The molecule has 0 aliphatic heterocycles. The third-order valence-electron chi connectivity index (χ3n) is 4.59. The van der Waals surface area contributed by atoms with Crippen LogP contribution in [0, 0.1) is 6.92 Å². The molecular weight excluding hydrogens is 307 g/mol. The normalized spacial score (nSPS) is 17.3. The van der Waals surface area contributed by atoms with E-state index in [9.17, 15) is 23.1 Å². The molecule has 1 aliphatic rings. The highest BCUT2D eigenvalue weighted by molar-refractivity contribution is 5.95. The minimum absolute atomic E-state index is 0.0562. The summed E-state index contributed by atoms with van der Waals surface area (Å²) < 4.78 is 38.4. The molecule has 0 bridgehead atoms. The van der Waals surface area contributed by atoms with Crippen molar-refractivity contribution in [3.8, 4) is 0 Å². The standard InChI is InChI=1S/C17H22F3NO2/c1-12-5-6-13(17(18,19)20)11-14(12)15(22)21(2)10-9-16(23)7-3-4-8-16/h5-6,11,23H,3-4,7-10H2,1-2H3. The summed E-state index contributed by atoms with van der Waals surface area (Å²) in [5, 5.41) is 10.3. The lowest BCUT2D eigenvalue weighted by Gasteiger charge is -2.26. The molecule has 0 unspecified atom stereocenters. The number of halogens is 3. The molecule has 3 nitrogen and oxygen atoms in total. The van der Waals surface area contributed by atoms with Gasteiger partial charge in [0.2, 0.25) is 0 Å². The van der Waals surface area contributed by atoms with Crippen LogP contribution in [0.25, 0.3) is 0 Å². The first-order chi connectivity index (χ1) is 10.6. The summed E-state index contributed by atoms with van der Waals surface area (Å²) in [5.41, 5.74) is -0.998. The van der Waals surface area contributed by atoms with E-state index in [2.05, 4.69) is 0 Å². The fourth-order valence-electron chi connectivity index (χ4n) is 2.99. The number of hydrogen-bond acceptors (Lipinski definition) is 2. The molecule has 1 amide bonds. The number of nitrogens with zero attached hydrogens (tertiary/aromatic N) is 1. The zero-order valence-electron chi connectivity index (χ0n) is 13.4. The Morgan fingerprint density at radius 1 is 1.30 bits per heavy atom. The molecule has 1 N–H and O–H groups in total. The maximum Gasteiger partial charge on any atom is 0.416 e. The van der Waals surface area contributed by atoms with Crippen molar-refractivity contribution < 1.29 is 23.1 Å². The minimum Gasteiger partial charge on any atom is -0.390 e. The maximum absolute atomic E-state index is 12.8. The van der Waals surface area contributed by atoms with E-state index in [1.165, 1.54) is 11.0 Å². The van der Waals surface area contributed by atoms with Crippen LogP contribution in [-0.4, -0.2) is 35.1 Å². The number of carbonyl (C=O) groups excluding carboxylic acids is 1. The Balaban J connectivity index is 2.09. The summed E-state index contributed by atoms with van der Waals surface area (Å²) in [6.07, 6.45) is -0.634. The summed E-state index contributed by atoms with van der Waals surface area (Å²) in [5.74, 6) is -0.449. The van der Waals surface area contributed by atoms with E-state index in [0.29, 0.717) is 18.5 Å². The van der Waals surface area contributed by atoms with Crippen LogP contribution < -0.4 is 0 Å². The molecule has 1 aliphatic carbocycles. The van der Waals surface area contributed by atoms with Gasteiger partial charge in [0.25, 0.3) is 5.91 Å². The number of aryl methyl sites for hydroxylation is 1. The molecule has 6 heteroatoms. The molecule has 0 atom stereocenters. The average molecular weight is 329 g/mol. The van der Waals surface area contributed by atoms with Crippen molar-refractivity contribution in [1.29, 1.82) is 0 Å². The molecule has 0 aromatic heterocycles. The van der Waals surface area contributed by atoms with Crippen molar-refractivity contribution in [3.63, 3.8) is 0 Å². The topological polar surface area (TPSA) is 40.5 Å². The molecule has 0 heterocycles. The largest absolute Gasteiger partial charge is 0.416 e. The van der Waals surface area contributed by atoms with E-state index in [-0.39, 0.29) is 5.56 Å². The van der Waals surface area contributed by atoms with Crippen LogP contribution in [0.15, 0.2) is 18.2 Å². The third kappa shape index (κ3) is 4.25. The average Bonchev–Trinajstić information content (AvgIpc) is 2.90. The summed E-state index contributed by atoms with van der Waals surface area (Å²) in [7, 11) is 1.56. The van der Waals surface area contributed by atoms with Gasteiger partial charge in [-0.05, 0) is 43.9 Å². The van der Waals surface area contributed by atoms with Gasteiger partial charge in [0.05, 0.1) is 11.2 Å². The fraction of sp³-hybridized carbons (Fsp3) is 0.588. The smallest absolute Gasteiger partial charge is 0.390 e. The maximum atomic E-state index is 12.8. The van der Waals surface area contributed by atoms with Gasteiger partial charge in [0.1, 0.15) is 0 Å². The van der Waals surface area contributed by atoms with E-state index in [0.717, 1.165) is 37.8 Å². The lowest BCUT2D eigenvalue weighted by atomic mass is 9.97. The van der Waals surface area contributed by atoms with E-state index in [1.807, 2.05) is 0 Å². The van der Waals surface area contributed by atoms with Crippen molar-refractivity contribution in [2.24, 2.45) is 0 Å². The highest BCUT2D eigenvalue weighted by Gasteiger charge is 2.33. The second-order valence-electron chi connectivity index (χ2n) is 6.44. The van der Waals surface area contributed by atoms with Gasteiger partial charge in [0, 0.05) is 19.2 Å². The van der Waals surface area contributed by atoms with Gasteiger partial charge in [-0.3, -0.25) is 4.79 Å². The monoisotopic (exact) mass is 329 g/mol. The van der Waals surface area contributed by atoms with E-state index < -0.39 is 23.2 Å². The van der Waals surface area contributed by atoms with Crippen molar-refractivity contribution >= 4 is 5.91 Å². The number of aliphatic hydroxyl groups is 1. The summed E-state index contributed by atoms with van der Waals surface area (Å²) in [6.45, 7) is 1.94. The molecule has 0 spiro atoms. The zero-order valence-corrected chi connectivity index (χ0v) is 13.4. The minimum atomic E-state index is -4.47. The van der Waals surface area contributed by atoms with Crippen LogP contribution in [0.4, 0.5) is 13.2 Å². The third-order valence-corrected chi connectivity index (χ3v) is 4.59. The van der Waals surface area contributed by atoms with Gasteiger partial charge < -0.3 is 10.0 Å². The van der Waals surface area contributed by atoms with Gasteiger partial charge in [-0.15, -0.1) is 0 Å². The molecule has 128 valence electrons. The number of alkyl halides is 3. The van der Waals surface area contributed by atoms with Gasteiger partial charge in [-0.25, -0.2) is 0 Å². The quantitative estimate of drug-likeness (QED) is 0.913. The number of hydrogen-bond donors (Lipinski definition) is 1. The Hall–Kier alpha value is -1.56. The molecule has 1 aromatic carbocycles. The van der Waals surface area contributed by atoms with Crippen LogP contribution in [0.5, 0.6) is 0 Å². The van der Waals surface area contributed by atoms with Crippen molar-refractivity contribution in [1.82, 2.24) is 4.90 Å². The number of rotatable bonds is 4. The van der Waals surface area contributed by atoms with Crippen molar-refractivity contribution in [2.45, 2.75) is 50.8 Å². The first-order valence-electron chi connectivity index (χ1n) is 7.78. The second-order valence-corrected chi connectivity index (χ2v) is 6.44. The van der Waals surface area contributed by atoms with Crippen molar-refractivity contribution in [3.05, 3.63) is 34.9 Å². The van der Waals surface area contributed by atoms with Crippen LogP contribution in [0.2, 0.25) is 0 Å². The van der Waals surface area contributed by atoms with Crippen LogP contribution in [0.3, 0.4) is 0 Å².